The zero-order valence-corrected chi connectivity index (χ0v) is 17.5. The lowest BCUT2D eigenvalue weighted by atomic mass is 10.1. The van der Waals surface area contributed by atoms with Crippen molar-refractivity contribution < 1.29 is 18.3 Å². The van der Waals surface area contributed by atoms with Crippen molar-refractivity contribution >= 4 is 38.5 Å². The maximum atomic E-state index is 12.4. The monoisotopic (exact) mass is 425 g/mol. The Kier molecular flexibility index (Phi) is 5.60. The second-order valence-electron chi connectivity index (χ2n) is 7.56. The number of nitrogens with zero attached hydrogens (tertiary/aromatic N) is 4. The van der Waals surface area contributed by atoms with E-state index in [1.165, 1.54) is 35.5 Å². The van der Waals surface area contributed by atoms with Crippen molar-refractivity contribution in [3.63, 3.8) is 0 Å². The van der Waals surface area contributed by atoms with Crippen molar-refractivity contribution in [1.82, 2.24) is 14.3 Å². The van der Waals surface area contributed by atoms with Crippen LogP contribution in [0.25, 0.3) is 0 Å². The smallest absolute Gasteiger partial charge is 0.412 e. The number of hydrogen-bond acceptors (Lipinski definition) is 7. The average molecular weight is 426 g/mol. The predicted octanol–water partition coefficient (Wildman–Crippen LogP) is 2.70. The van der Waals surface area contributed by atoms with Gasteiger partial charge in [0.1, 0.15) is 6.33 Å². The number of likely N-dealkylation sites (tertiary alicyclic amines) is 1. The molecule has 1 atom stereocenters. The van der Waals surface area contributed by atoms with Gasteiger partial charge < -0.3 is 5.11 Å². The molecular formula is C17H23N5O4S2. The van der Waals surface area contributed by atoms with Crippen LogP contribution in [0.15, 0.2) is 35.5 Å². The van der Waals surface area contributed by atoms with Crippen LogP contribution < -0.4 is 9.62 Å². The number of amides is 1. The maximum absolute atomic E-state index is 12.4. The molecule has 0 unspecified atom stereocenters. The summed E-state index contributed by atoms with van der Waals surface area (Å²) in [7, 11) is -3.81. The lowest BCUT2D eigenvalue weighted by Gasteiger charge is -2.33. The molecule has 0 radical (unpaired) electrons. The number of benzene rings is 1. The van der Waals surface area contributed by atoms with E-state index in [4.69, 9.17) is 0 Å². The fourth-order valence-corrected chi connectivity index (χ4v) is 4.88. The molecule has 1 saturated heterocycles. The topological polar surface area (TPSA) is 116 Å². The van der Waals surface area contributed by atoms with Crippen LogP contribution in [0, 0.1) is 0 Å². The van der Waals surface area contributed by atoms with Crippen molar-refractivity contribution in [2.75, 3.05) is 22.7 Å². The van der Waals surface area contributed by atoms with E-state index in [1.807, 2.05) is 0 Å². The van der Waals surface area contributed by atoms with E-state index in [0.29, 0.717) is 12.2 Å². The van der Waals surface area contributed by atoms with Gasteiger partial charge in [0.15, 0.2) is 0 Å². The van der Waals surface area contributed by atoms with Crippen molar-refractivity contribution in [2.45, 2.75) is 43.7 Å². The molecule has 2 heterocycles. The minimum atomic E-state index is -3.81. The Hall–Kier alpha value is -2.24. The SMILES string of the molecule is CC(C)(C)N1CC[C@@H](N(C(=O)O)c2ccc(S(=O)(=O)Nc3ncns3)cc2)C1. The second kappa shape index (κ2) is 7.64. The van der Waals surface area contributed by atoms with Crippen molar-refractivity contribution in [2.24, 2.45) is 0 Å². The van der Waals surface area contributed by atoms with E-state index in [1.54, 1.807) is 0 Å². The Morgan fingerprint density at radius 1 is 1.32 bits per heavy atom. The summed E-state index contributed by atoms with van der Waals surface area (Å²) in [6.07, 6.45) is 0.935. The Morgan fingerprint density at radius 3 is 2.50 bits per heavy atom. The lowest BCUT2D eigenvalue weighted by molar-refractivity contribution is 0.169. The number of sulfonamides is 1. The molecule has 0 aliphatic carbocycles. The number of carboxylic acid groups (broad SMARTS) is 1. The molecular weight excluding hydrogens is 402 g/mol. The first kappa shape index (κ1) is 20.5. The van der Waals surface area contributed by atoms with Crippen LogP contribution in [-0.4, -0.2) is 58.5 Å². The number of hydrogen-bond donors (Lipinski definition) is 2. The summed E-state index contributed by atoms with van der Waals surface area (Å²) in [5.41, 5.74) is 0.413. The van der Waals surface area contributed by atoms with Crippen molar-refractivity contribution in [3.05, 3.63) is 30.6 Å². The van der Waals surface area contributed by atoms with E-state index < -0.39 is 16.1 Å². The third-order valence-corrected chi connectivity index (χ3v) is 6.76. The minimum absolute atomic E-state index is 0.0273. The molecule has 1 aliphatic heterocycles. The molecule has 3 rings (SSSR count). The van der Waals surface area contributed by atoms with Gasteiger partial charge in [0.05, 0.1) is 10.9 Å². The quantitative estimate of drug-likeness (QED) is 0.756. The zero-order valence-electron chi connectivity index (χ0n) is 15.9. The first-order valence-electron chi connectivity index (χ1n) is 8.75. The van der Waals surface area contributed by atoms with Crippen LogP contribution >= 0.6 is 11.5 Å². The van der Waals surface area contributed by atoms with Crippen LogP contribution in [0.1, 0.15) is 27.2 Å². The normalized spacial score (nSPS) is 18.2. The molecule has 1 amide bonds. The summed E-state index contributed by atoms with van der Waals surface area (Å²) >= 11 is 0.933. The molecule has 9 nitrogen and oxygen atoms in total. The van der Waals surface area contributed by atoms with Crippen LogP contribution in [0.5, 0.6) is 0 Å². The zero-order chi connectivity index (χ0) is 20.5. The first-order valence-corrected chi connectivity index (χ1v) is 11.0. The molecule has 28 heavy (non-hydrogen) atoms. The van der Waals surface area contributed by atoms with E-state index in [0.717, 1.165) is 24.5 Å². The summed E-state index contributed by atoms with van der Waals surface area (Å²) < 4.78 is 30.9. The predicted molar refractivity (Wildman–Crippen MR) is 107 cm³/mol. The summed E-state index contributed by atoms with van der Waals surface area (Å²) in [4.78, 5) is 19.3. The number of nitrogens with one attached hydrogen (secondary N) is 1. The fourth-order valence-electron chi connectivity index (χ4n) is 3.22. The summed E-state index contributed by atoms with van der Waals surface area (Å²) in [6.45, 7) is 7.76. The maximum Gasteiger partial charge on any atom is 0.412 e. The minimum Gasteiger partial charge on any atom is -0.465 e. The standard InChI is InChI=1S/C17H23N5O4S2/c1-17(2,3)21-9-8-13(10-21)22(16(23)24)12-4-6-14(7-5-12)28(25,26)20-15-18-11-19-27-15/h4-7,11,13H,8-10H2,1-3H3,(H,23,24)(H,18,19,20)/t13-/m1/s1. The summed E-state index contributed by atoms with van der Waals surface area (Å²) in [5, 5.41) is 9.91. The summed E-state index contributed by atoms with van der Waals surface area (Å²) in [6, 6.07) is 5.64. The van der Waals surface area contributed by atoms with Gasteiger partial charge in [-0.25, -0.2) is 18.2 Å². The van der Waals surface area contributed by atoms with Gasteiger partial charge in [-0.1, -0.05) is 0 Å². The van der Waals surface area contributed by atoms with Gasteiger partial charge in [-0.15, -0.1) is 0 Å². The highest BCUT2D eigenvalue weighted by Gasteiger charge is 2.36. The van der Waals surface area contributed by atoms with E-state index in [2.05, 4.69) is 39.8 Å². The van der Waals surface area contributed by atoms with Crippen LogP contribution in [0.3, 0.4) is 0 Å². The average Bonchev–Trinajstić information content (AvgIpc) is 3.26. The molecule has 0 spiro atoms. The van der Waals surface area contributed by atoms with Crippen molar-refractivity contribution in [1.29, 1.82) is 0 Å². The highest BCUT2D eigenvalue weighted by molar-refractivity contribution is 7.93. The second-order valence-corrected chi connectivity index (χ2v) is 10.0. The highest BCUT2D eigenvalue weighted by atomic mass is 32.2. The van der Waals surface area contributed by atoms with Crippen LogP contribution in [-0.2, 0) is 10.0 Å². The molecule has 0 saturated carbocycles. The van der Waals surface area contributed by atoms with Gasteiger partial charge in [-0.3, -0.25) is 14.5 Å². The Labute approximate surface area is 168 Å². The van der Waals surface area contributed by atoms with E-state index >= 15 is 0 Å². The Morgan fingerprint density at radius 2 is 2.00 bits per heavy atom. The lowest BCUT2D eigenvalue weighted by Crippen LogP contribution is -2.45. The van der Waals surface area contributed by atoms with Crippen LogP contribution in [0.4, 0.5) is 15.6 Å². The number of anilines is 2. The fraction of sp³-hybridized carbons (Fsp3) is 0.471. The molecule has 2 aromatic rings. The Bertz CT molecular complexity index is 923. The summed E-state index contributed by atoms with van der Waals surface area (Å²) in [5.74, 6) is 0. The van der Waals surface area contributed by atoms with Gasteiger partial charge in [0.2, 0.25) is 5.13 Å². The molecule has 2 N–H and O–H groups in total. The molecule has 1 aromatic carbocycles. The van der Waals surface area contributed by atoms with Gasteiger partial charge in [-0.05, 0) is 51.5 Å². The molecule has 1 aromatic heterocycles. The first-order chi connectivity index (χ1) is 13.1. The van der Waals surface area contributed by atoms with Gasteiger partial charge in [-0.2, -0.15) is 4.37 Å². The number of carbonyl (C=O) groups is 1. The van der Waals surface area contributed by atoms with E-state index in [9.17, 15) is 18.3 Å². The molecule has 1 aliphatic rings. The molecule has 152 valence electrons. The highest BCUT2D eigenvalue weighted by Crippen LogP contribution is 2.28. The van der Waals surface area contributed by atoms with Gasteiger partial charge >= 0.3 is 6.09 Å². The van der Waals surface area contributed by atoms with Gasteiger partial charge in [0.25, 0.3) is 10.0 Å². The van der Waals surface area contributed by atoms with E-state index in [-0.39, 0.29) is 21.6 Å². The van der Waals surface area contributed by atoms with Crippen molar-refractivity contribution in [3.8, 4) is 0 Å². The van der Waals surface area contributed by atoms with Gasteiger partial charge in [0, 0.05) is 35.8 Å². The third kappa shape index (κ3) is 4.42. The Balaban J connectivity index is 1.79. The third-order valence-electron chi connectivity index (χ3n) is 4.69. The molecule has 11 heteroatoms. The largest absolute Gasteiger partial charge is 0.465 e. The molecule has 0 bridgehead atoms. The van der Waals surface area contributed by atoms with Crippen LogP contribution in [0.2, 0.25) is 0 Å². The number of rotatable bonds is 5. The molecule has 1 fully saturated rings. The number of aromatic nitrogens is 2.